The summed E-state index contributed by atoms with van der Waals surface area (Å²) >= 11 is 0. The molecule has 1 rings (SSSR count). The van der Waals surface area contributed by atoms with Crippen molar-refractivity contribution in [3.8, 4) is 5.75 Å². The number of rotatable bonds is 6. The van der Waals surface area contributed by atoms with Crippen LogP contribution in [0.2, 0.25) is 0 Å². The number of carbonyl (C=O) groups is 2. The molecule has 0 bridgehead atoms. The van der Waals surface area contributed by atoms with Crippen molar-refractivity contribution in [2.45, 2.75) is 32.8 Å². The molecule has 0 aromatic heterocycles. The summed E-state index contributed by atoms with van der Waals surface area (Å²) in [5.41, 5.74) is 0.158. The lowest BCUT2D eigenvalue weighted by atomic mass is 10.2. The number of halogens is 3. The van der Waals surface area contributed by atoms with Crippen LogP contribution in [0.1, 0.15) is 19.4 Å². The van der Waals surface area contributed by atoms with Crippen LogP contribution in [0.3, 0.4) is 0 Å². The SMILES string of the molecule is CCNC(=O)[C@H](C)NC(=O)NCc1ccccc1OC(F)(F)F. The van der Waals surface area contributed by atoms with Crippen molar-refractivity contribution in [3.05, 3.63) is 29.8 Å². The Hall–Kier alpha value is -2.45. The van der Waals surface area contributed by atoms with Crippen LogP contribution < -0.4 is 20.7 Å². The first-order valence-corrected chi connectivity index (χ1v) is 6.88. The summed E-state index contributed by atoms with van der Waals surface area (Å²) in [6.45, 7) is 3.47. The van der Waals surface area contributed by atoms with Gasteiger partial charge in [0.2, 0.25) is 5.91 Å². The molecule has 0 saturated heterocycles. The van der Waals surface area contributed by atoms with E-state index in [9.17, 15) is 22.8 Å². The number of hydrogen-bond acceptors (Lipinski definition) is 3. The number of alkyl halides is 3. The molecule has 3 amide bonds. The Morgan fingerprint density at radius 3 is 2.48 bits per heavy atom. The molecule has 0 unspecified atom stereocenters. The third-order valence-electron chi connectivity index (χ3n) is 2.73. The lowest BCUT2D eigenvalue weighted by molar-refractivity contribution is -0.274. The lowest BCUT2D eigenvalue weighted by Gasteiger charge is -2.16. The second-order valence-corrected chi connectivity index (χ2v) is 4.60. The normalized spacial score (nSPS) is 12.2. The van der Waals surface area contributed by atoms with E-state index in [1.807, 2.05) is 0 Å². The Bertz CT molecular complexity index is 550. The van der Waals surface area contributed by atoms with Gasteiger partial charge in [-0.15, -0.1) is 13.2 Å². The number of likely N-dealkylation sites (N-methyl/N-ethyl adjacent to an activating group) is 1. The van der Waals surface area contributed by atoms with E-state index in [2.05, 4.69) is 20.7 Å². The molecule has 9 heteroatoms. The molecule has 0 spiro atoms. The first kappa shape index (κ1) is 18.6. The molecule has 0 aliphatic carbocycles. The zero-order valence-corrected chi connectivity index (χ0v) is 12.7. The molecule has 0 saturated carbocycles. The number of ether oxygens (including phenoxy) is 1. The Morgan fingerprint density at radius 2 is 1.87 bits per heavy atom. The third-order valence-corrected chi connectivity index (χ3v) is 2.73. The van der Waals surface area contributed by atoms with Gasteiger partial charge in [-0.3, -0.25) is 4.79 Å². The Morgan fingerprint density at radius 1 is 1.22 bits per heavy atom. The van der Waals surface area contributed by atoms with Crippen molar-refractivity contribution in [2.24, 2.45) is 0 Å². The number of nitrogens with one attached hydrogen (secondary N) is 3. The number of hydrogen-bond donors (Lipinski definition) is 3. The average molecular weight is 333 g/mol. The van der Waals surface area contributed by atoms with Crippen LogP contribution in [0.15, 0.2) is 24.3 Å². The summed E-state index contributed by atoms with van der Waals surface area (Å²) in [5.74, 6) is -0.750. The zero-order chi connectivity index (χ0) is 17.5. The summed E-state index contributed by atoms with van der Waals surface area (Å²) in [7, 11) is 0. The van der Waals surface area contributed by atoms with Crippen LogP contribution in [0, 0.1) is 0 Å². The molecular formula is C14H18F3N3O3. The van der Waals surface area contributed by atoms with Gasteiger partial charge in [0.05, 0.1) is 0 Å². The van der Waals surface area contributed by atoms with Crippen molar-refractivity contribution in [3.63, 3.8) is 0 Å². The van der Waals surface area contributed by atoms with E-state index in [0.717, 1.165) is 6.07 Å². The Labute approximate surface area is 131 Å². The standard InChI is InChI=1S/C14H18F3N3O3/c1-3-18-12(21)9(2)20-13(22)19-8-10-6-4-5-7-11(10)23-14(15,16)17/h4-7,9H,3,8H2,1-2H3,(H,18,21)(H2,19,20,22)/t9-/m0/s1. The molecule has 0 aliphatic rings. The first-order chi connectivity index (χ1) is 10.7. The summed E-state index contributed by atoms with van der Waals surface area (Å²) in [6, 6.07) is 4.02. The number of urea groups is 1. The highest BCUT2D eigenvalue weighted by molar-refractivity contribution is 5.86. The zero-order valence-electron chi connectivity index (χ0n) is 12.7. The van der Waals surface area contributed by atoms with Crippen molar-refractivity contribution in [2.75, 3.05) is 6.54 Å². The Balaban J connectivity index is 2.58. The van der Waals surface area contributed by atoms with Gasteiger partial charge in [0.1, 0.15) is 11.8 Å². The van der Waals surface area contributed by atoms with Crippen molar-refractivity contribution < 1.29 is 27.5 Å². The molecule has 1 aromatic carbocycles. The van der Waals surface area contributed by atoms with Gasteiger partial charge in [-0.1, -0.05) is 18.2 Å². The molecular weight excluding hydrogens is 315 g/mol. The second-order valence-electron chi connectivity index (χ2n) is 4.60. The maximum absolute atomic E-state index is 12.3. The number of para-hydroxylation sites is 1. The number of amides is 3. The minimum atomic E-state index is -4.81. The van der Waals surface area contributed by atoms with E-state index in [0.29, 0.717) is 6.54 Å². The van der Waals surface area contributed by atoms with Gasteiger partial charge < -0.3 is 20.7 Å². The van der Waals surface area contributed by atoms with E-state index < -0.39 is 24.2 Å². The molecule has 23 heavy (non-hydrogen) atoms. The van der Waals surface area contributed by atoms with Crippen LogP contribution >= 0.6 is 0 Å². The summed E-state index contributed by atoms with van der Waals surface area (Å²) < 4.78 is 40.7. The molecule has 0 radical (unpaired) electrons. The quantitative estimate of drug-likeness (QED) is 0.744. The van der Waals surface area contributed by atoms with Gasteiger partial charge in [0.15, 0.2) is 0 Å². The van der Waals surface area contributed by atoms with E-state index in [1.165, 1.54) is 25.1 Å². The summed E-state index contributed by atoms with van der Waals surface area (Å²) in [6.07, 6.45) is -4.81. The highest BCUT2D eigenvalue weighted by Crippen LogP contribution is 2.25. The highest BCUT2D eigenvalue weighted by Gasteiger charge is 2.32. The van der Waals surface area contributed by atoms with Gasteiger partial charge in [0, 0.05) is 18.7 Å². The summed E-state index contributed by atoms with van der Waals surface area (Å²) in [4.78, 5) is 23.1. The minimum absolute atomic E-state index is 0.158. The molecule has 0 aliphatic heterocycles. The highest BCUT2D eigenvalue weighted by atomic mass is 19.4. The monoisotopic (exact) mass is 333 g/mol. The fraction of sp³-hybridized carbons (Fsp3) is 0.429. The van der Waals surface area contributed by atoms with Crippen LogP contribution in [0.5, 0.6) is 5.75 Å². The molecule has 1 aromatic rings. The van der Waals surface area contributed by atoms with Gasteiger partial charge in [-0.25, -0.2) is 4.79 Å². The van der Waals surface area contributed by atoms with Gasteiger partial charge >= 0.3 is 12.4 Å². The van der Waals surface area contributed by atoms with Crippen LogP contribution in [0.4, 0.5) is 18.0 Å². The fourth-order valence-corrected chi connectivity index (χ4v) is 1.69. The van der Waals surface area contributed by atoms with Crippen LogP contribution in [0.25, 0.3) is 0 Å². The molecule has 0 fully saturated rings. The van der Waals surface area contributed by atoms with E-state index in [4.69, 9.17) is 0 Å². The van der Waals surface area contributed by atoms with E-state index in [1.54, 1.807) is 6.92 Å². The molecule has 1 atom stereocenters. The predicted octanol–water partition coefficient (Wildman–Crippen LogP) is 1.91. The van der Waals surface area contributed by atoms with Crippen LogP contribution in [-0.2, 0) is 11.3 Å². The first-order valence-electron chi connectivity index (χ1n) is 6.88. The molecule has 0 heterocycles. The smallest absolute Gasteiger partial charge is 0.405 e. The maximum Gasteiger partial charge on any atom is 0.573 e. The molecule has 6 nitrogen and oxygen atoms in total. The largest absolute Gasteiger partial charge is 0.573 e. The maximum atomic E-state index is 12.3. The van der Waals surface area contributed by atoms with Crippen molar-refractivity contribution in [1.29, 1.82) is 0 Å². The average Bonchev–Trinajstić information content (AvgIpc) is 2.45. The van der Waals surface area contributed by atoms with E-state index >= 15 is 0 Å². The topological polar surface area (TPSA) is 79.5 Å². The van der Waals surface area contributed by atoms with Gasteiger partial charge in [-0.05, 0) is 19.9 Å². The summed E-state index contributed by atoms with van der Waals surface area (Å²) in [5, 5.41) is 7.29. The van der Waals surface area contributed by atoms with Crippen molar-refractivity contribution in [1.82, 2.24) is 16.0 Å². The Kier molecular flexibility index (Phi) is 6.67. The van der Waals surface area contributed by atoms with Gasteiger partial charge in [-0.2, -0.15) is 0 Å². The third kappa shape index (κ3) is 6.90. The minimum Gasteiger partial charge on any atom is -0.405 e. The van der Waals surface area contributed by atoms with E-state index in [-0.39, 0.29) is 18.0 Å². The van der Waals surface area contributed by atoms with Gasteiger partial charge in [0.25, 0.3) is 0 Å². The predicted molar refractivity (Wildman–Crippen MR) is 76.6 cm³/mol. The lowest BCUT2D eigenvalue weighted by Crippen LogP contribution is -2.48. The number of benzene rings is 1. The van der Waals surface area contributed by atoms with Crippen LogP contribution in [-0.4, -0.2) is 30.9 Å². The number of carbonyl (C=O) groups excluding carboxylic acids is 2. The second kappa shape index (κ2) is 8.25. The fourth-order valence-electron chi connectivity index (χ4n) is 1.69. The molecule has 128 valence electrons. The van der Waals surface area contributed by atoms with Crippen molar-refractivity contribution >= 4 is 11.9 Å². The molecule has 3 N–H and O–H groups in total.